The molecule has 0 fully saturated rings. The van der Waals surface area contributed by atoms with Crippen molar-refractivity contribution < 1.29 is 4.52 Å². The summed E-state index contributed by atoms with van der Waals surface area (Å²) in [4.78, 5) is 0. The fourth-order valence-corrected chi connectivity index (χ4v) is 3.91. The van der Waals surface area contributed by atoms with Crippen molar-refractivity contribution in [1.29, 1.82) is 5.41 Å². The van der Waals surface area contributed by atoms with E-state index in [1.165, 1.54) is 5.56 Å². The van der Waals surface area contributed by atoms with Gasteiger partial charge in [-0.05, 0) is 19.1 Å². The van der Waals surface area contributed by atoms with Gasteiger partial charge in [-0.1, -0.05) is 78.4 Å². The number of hydrogen-bond donors (Lipinski definition) is 1. The lowest BCUT2D eigenvalue weighted by molar-refractivity contribution is 0.623. The topological polar surface area (TPSA) is 33.1 Å². The van der Waals surface area contributed by atoms with Gasteiger partial charge in [-0.15, -0.1) is 0 Å². The van der Waals surface area contributed by atoms with Crippen LogP contribution in [0.3, 0.4) is 0 Å². The highest BCUT2D eigenvalue weighted by molar-refractivity contribution is 7.69. The van der Waals surface area contributed by atoms with E-state index in [4.69, 9.17) is 9.93 Å². The van der Waals surface area contributed by atoms with Gasteiger partial charge in [0.15, 0.2) is 8.15 Å². The molecule has 1 N–H and O–H groups in total. The van der Waals surface area contributed by atoms with Gasteiger partial charge in [0.2, 0.25) is 5.90 Å². The molecule has 0 bridgehead atoms. The van der Waals surface area contributed by atoms with Crippen LogP contribution < -0.4 is 10.6 Å². The lowest BCUT2D eigenvalue weighted by atomic mass is 10.1. The molecule has 23 heavy (non-hydrogen) atoms. The van der Waals surface area contributed by atoms with Crippen LogP contribution in [0.25, 0.3) is 0 Å². The molecule has 3 heteroatoms. The van der Waals surface area contributed by atoms with Crippen molar-refractivity contribution in [3.8, 4) is 0 Å². The summed E-state index contributed by atoms with van der Waals surface area (Å²) < 4.78 is 6.10. The molecule has 0 aliphatic heterocycles. The molecule has 3 aromatic carbocycles. The molecule has 3 rings (SSSR count). The highest BCUT2D eigenvalue weighted by Gasteiger charge is 2.18. The average Bonchev–Trinajstić information content (AvgIpc) is 2.61. The number of rotatable bonds is 4. The summed E-state index contributed by atoms with van der Waals surface area (Å²) in [7, 11) is -1.05. The van der Waals surface area contributed by atoms with Crippen LogP contribution >= 0.6 is 8.15 Å². The molecule has 0 radical (unpaired) electrons. The normalized spacial score (nSPS) is 10.5. The van der Waals surface area contributed by atoms with E-state index in [0.717, 1.165) is 16.2 Å². The molecule has 0 aliphatic rings. The lowest BCUT2D eigenvalue weighted by Gasteiger charge is -2.19. The second kappa shape index (κ2) is 7.21. The number of benzene rings is 3. The predicted octanol–water partition coefficient (Wildman–Crippen LogP) is 4.38. The van der Waals surface area contributed by atoms with Crippen molar-refractivity contribution in [3.63, 3.8) is 0 Å². The maximum Gasteiger partial charge on any atom is 0.216 e. The SMILES string of the molecule is Cc1ccc(C(=N)OP(c2ccccc2)c2ccccc2)cc1. The Hall–Kier alpha value is -2.44. The third-order valence-electron chi connectivity index (χ3n) is 3.48. The third-order valence-corrected chi connectivity index (χ3v) is 5.38. The quantitative estimate of drug-likeness (QED) is 0.432. The molecule has 114 valence electrons. The smallest absolute Gasteiger partial charge is 0.216 e. The largest absolute Gasteiger partial charge is 0.447 e. The van der Waals surface area contributed by atoms with Crippen molar-refractivity contribution in [2.24, 2.45) is 0 Å². The van der Waals surface area contributed by atoms with Crippen LogP contribution in [0.2, 0.25) is 0 Å². The van der Waals surface area contributed by atoms with E-state index in [1.807, 2.05) is 67.6 Å². The minimum atomic E-state index is -1.05. The van der Waals surface area contributed by atoms with Crippen LogP contribution in [-0.4, -0.2) is 5.90 Å². The van der Waals surface area contributed by atoms with E-state index in [-0.39, 0.29) is 5.90 Å². The van der Waals surface area contributed by atoms with Crippen LogP contribution in [0.5, 0.6) is 0 Å². The summed E-state index contributed by atoms with van der Waals surface area (Å²) >= 11 is 0. The molecule has 2 nitrogen and oxygen atoms in total. The monoisotopic (exact) mass is 319 g/mol. The van der Waals surface area contributed by atoms with Crippen molar-refractivity contribution in [2.75, 3.05) is 0 Å². The minimum Gasteiger partial charge on any atom is -0.447 e. The van der Waals surface area contributed by atoms with Gasteiger partial charge >= 0.3 is 0 Å². The Morgan fingerprint density at radius 2 is 1.22 bits per heavy atom. The molecule has 0 amide bonds. The zero-order valence-corrected chi connectivity index (χ0v) is 13.8. The number of hydrogen-bond acceptors (Lipinski definition) is 2. The van der Waals surface area contributed by atoms with Gasteiger partial charge in [-0.3, -0.25) is 5.41 Å². The first-order valence-corrected chi connectivity index (χ1v) is 8.74. The average molecular weight is 319 g/mol. The molecule has 3 aromatic rings. The Labute approximate surface area is 138 Å². The van der Waals surface area contributed by atoms with E-state index >= 15 is 0 Å². The molecule has 0 saturated heterocycles. The van der Waals surface area contributed by atoms with Gasteiger partial charge in [0.25, 0.3) is 0 Å². The highest BCUT2D eigenvalue weighted by Crippen LogP contribution is 2.35. The van der Waals surface area contributed by atoms with Gasteiger partial charge in [0.1, 0.15) is 0 Å². The van der Waals surface area contributed by atoms with E-state index in [0.29, 0.717) is 0 Å². The Bertz CT molecular complexity index is 730. The molecule has 0 heterocycles. The first-order valence-electron chi connectivity index (χ1n) is 7.48. The summed E-state index contributed by atoms with van der Waals surface area (Å²) in [6.07, 6.45) is 0. The molecular weight excluding hydrogens is 301 g/mol. The zero-order chi connectivity index (χ0) is 16.1. The second-order valence-corrected chi connectivity index (χ2v) is 7.06. The maximum atomic E-state index is 8.32. The third kappa shape index (κ3) is 3.85. The van der Waals surface area contributed by atoms with Crippen molar-refractivity contribution in [2.45, 2.75) is 6.92 Å². The van der Waals surface area contributed by atoms with E-state index in [1.54, 1.807) is 0 Å². The highest BCUT2D eigenvalue weighted by atomic mass is 31.1. The fraction of sp³-hybridized carbons (Fsp3) is 0.0500. The van der Waals surface area contributed by atoms with Gasteiger partial charge in [-0.25, -0.2) is 0 Å². The van der Waals surface area contributed by atoms with Gasteiger partial charge < -0.3 is 4.52 Å². The standard InChI is InChI=1S/C20H18NOP/c1-16-12-14-17(15-13-16)20(21)22-23(18-8-4-2-5-9-18)19-10-6-3-7-11-19/h2-15,21H,1H3. The van der Waals surface area contributed by atoms with Crippen molar-refractivity contribution in [1.82, 2.24) is 0 Å². The fourth-order valence-electron chi connectivity index (χ4n) is 2.23. The van der Waals surface area contributed by atoms with Crippen LogP contribution in [-0.2, 0) is 4.52 Å². The summed E-state index contributed by atoms with van der Waals surface area (Å²) in [6.45, 7) is 2.04. The van der Waals surface area contributed by atoms with Crippen LogP contribution in [0.1, 0.15) is 11.1 Å². The van der Waals surface area contributed by atoms with Gasteiger partial charge in [0.05, 0.1) is 0 Å². The molecule has 0 unspecified atom stereocenters. The van der Waals surface area contributed by atoms with Crippen molar-refractivity contribution >= 4 is 24.7 Å². The van der Waals surface area contributed by atoms with E-state index in [2.05, 4.69) is 24.3 Å². The summed E-state index contributed by atoms with van der Waals surface area (Å²) in [5.74, 6) is 0.212. The summed E-state index contributed by atoms with van der Waals surface area (Å²) in [5.41, 5.74) is 1.98. The first-order chi connectivity index (χ1) is 11.2. The Morgan fingerprint density at radius 1 is 0.739 bits per heavy atom. The van der Waals surface area contributed by atoms with Crippen LogP contribution in [0.4, 0.5) is 0 Å². The zero-order valence-electron chi connectivity index (χ0n) is 12.9. The van der Waals surface area contributed by atoms with Gasteiger partial charge in [-0.2, -0.15) is 0 Å². The number of nitrogens with one attached hydrogen (secondary N) is 1. The molecule has 0 spiro atoms. The summed E-state index contributed by atoms with van der Waals surface area (Å²) in [6, 6.07) is 28.1. The van der Waals surface area contributed by atoms with Crippen molar-refractivity contribution in [3.05, 3.63) is 96.1 Å². The number of aryl methyl sites for hydroxylation is 1. The minimum absolute atomic E-state index is 0.212. The molecular formula is C20H18NOP. The molecule has 0 atom stereocenters. The Morgan fingerprint density at radius 3 is 1.70 bits per heavy atom. The second-order valence-electron chi connectivity index (χ2n) is 5.25. The van der Waals surface area contributed by atoms with Crippen LogP contribution in [0, 0.1) is 12.3 Å². The summed E-state index contributed by atoms with van der Waals surface area (Å²) in [5, 5.41) is 10.5. The Kier molecular flexibility index (Phi) is 4.85. The van der Waals surface area contributed by atoms with E-state index < -0.39 is 8.15 Å². The molecule has 0 saturated carbocycles. The molecule has 0 aliphatic carbocycles. The first kappa shape index (κ1) is 15.5. The molecule has 0 aromatic heterocycles. The lowest BCUT2D eigenvalue weighted by Crippen LogP contribution is -2.16. The Balaban J connectivity index is 1.90. The van der Waals surface area contributed by atoms with E-state index in [9.17, 15) is 0 Å². The van der Waals surface area contributed by atoms with Crippen LogP contribution in [0.15, 0.2) is 84.9 Å². The predicted molar refractivity (Wildman–Crippen MR) is 98.2 cm³/mol. The maximum absolute atomic E-state index is 8.32. The van der Waals surface area contributed by atoms with Gasteiger partial charge in [0, 0.05) is 16.2 Å².